The van der Waals surface area contributed by atoms with Gasteiger partial charge in [0.2, 0.25) is 0 Å². The quantitative estimate of drug-likeness (QED) is 0.917. The Morgan fingerprint density at radius 3 is 2.58 bits per heavy atom. The molecule has 0 aliphatic rings. The summed E-state index contributed by atoms with van der Waals surface area (Å²) in [6, 6.07) is 7.90. The van der Waals surface area contributed by atoms with Crippen molar-refractivity contribution < 1.29 is 9.90 Å². The fourth-order valence-electron chi connectivity index (χ4n) is 2.02. The van der Waals surface area contributed by atoms with Gasteiger partial charge in [-0.2, -0.15) is 0 Å². The van der Waals surface area contributed by atoms with Gasteiger partial charge in [-0.05, 0) is 38.5 Å². The standard InChI is InChI=1S/C15H16N2O2/c1-9-4-5-10(2)13(6-9)14-7-12(8-15(18)19)16-11(3)17-14/h4-7H,8H2,1-3H3,(H,18,19). The van der Waals surface area contributed by atoms with Gasteiger partial charge in [-0.25, -0.2) is 9.97 Å². The first-order valence-electron chi connectivity index (χ1n) is 6.09. The lowest BCUT2D eigenvalue weighted by Crippen LogP contribution is -2.05. The number of carboxylic acids is 1. The van der Waals surface area contributed by atoms with Crippen molar-refractivity contribution in [3.8, 4) is 11.3 Å². The van der Waals surface area contributed by atoms with Gasteiger partial charge in [-0.15, -0.1) is 0 Å². The summed E-state index contributed by atoms with van der Waals surface area (Å²) in [6.07, 6.45) is -0.0821. The van der Waals surface area contributed by atoms with E-state index in [1.54, 1.807) is 13.0 Å². The Hall–Kier alpha value is -2.23. The number of nitrogens with zero attached hydrogens (tertiary/aromatic N) is 2. The zero-order valence-electron chi connectivity index (χ0n) is 11.3. The van der Waals surface area contributed by atoms with Crippen molar-refractivity contribution in [2.24, 2.45) is 0 Å². The number of aliphatic carboxylic acids is 1. The van der Waals surface area contributed by atoms with Gasteiger partial charge < -0.3 is 5.11 Å². The monoisotopic (exact) mass is 256 g/mol. The van der Waals surface area contributed by atoms with E-state index in [1.807, 2.05) is 26.0 Å². The molecule has 0 radical (unpaired) electrons. The highest BCUT2D eigenvalue weighted by molar-refractivity contribution is 5.71. The molecular formula is C15H16N2O2. The SMILES string of the molecule is Cc1ccc(C)c(-c2cc(CC(=O)O)nc(C)n2)c1. The third kappa shape index (κ3) is 3.16. The van der Waals surface area contributed by atoms with E-state index in [1.165, 1.54) is 0 Å². The lowest BCUT2D eigenvalue weighted by molar-refractivity contribution is -0.136. The van der Waals surface area contributed by atoms with Crippen LogP contribution in [0.5, 0.6) is 0 Å². The molecule has 1 aromatic heterocycles. The molecule has 0 amide bonds. The largest absolute Gasteiger partial charge is 0.481 e. The van der Waals surface area contributed by atoms with Crippen LogP contribution in [0, 0.1) is 20.8 Å². The highest BCUT2D eigenvalue weighted by atomic mass is 16.4. The molecule has 0 fully saturated rings. The first-order valence-corrected chi connectivity index (χ1v) is 6.09. The van der Waals surface area contributed by atoms with Gasteiger partial charge in [-0.3, -0.25) is 4.79 Å². The average molecular weight is 256 g/mol. The van der Waals surface area contributed by atoms with E-state index in [0.717, 1.165) is 22.4 Å². The molecule has 19 heavy (non-hydrogen) atoms. The summed E-state index contributed by atoms with van der Waals surface area (Å²) in [5, 5.41) is 8.86. The molecule has 0 spiro atoms. The van der Waals surface area contributed by atoms with Crippen LogP contribution >= 0.6 is 0 Å². The van der Waals surface area contributed by atoms with Crippen LogP contribution in [0.25, 0.3) is 11.3 Å². The summed E-state index contributed by atoms with van der Waals surface area (Å²) in [4.78, 5) is 19.4. The van der Waals surface area contributed by atoms with Crippen molar-refractivity contribution in [2.45, 2.75) is 27.2 Å². The molecule has 0 aliphatic carbocycles. The van der Waals surface area contributed by atoms with Gasteiger partial charge >= 0.3 is 5.97 Å². The highest BCUT2D eigenvalue weighted by Crippen LogP contribution is 2.23. The second-order valence-corrected chi connectivity index (χ2v) is 4.68. The second-order valence-electron chi connectivity index (χ2n) is 4.68. The Balaban J connectivity index is 2.52. The number of aromatic nitrogens is 2. The number of carboxylic acid groups (broad SMARTS) is 1. The minimum absolute atomic E-state index is 0.0821. The Morgan fingerprint density at radius 1 is 1.16 bits per heavy atom. The van der Waals surface area contributed by atoms with E-state index in [4.69, 9.17) is 5.11 Å². The Bertz CT molecular complexity index is 636. The van der Waals surface area contributed by atoms with Crippen molar-refractivity contribution >= 4 is 5.97 Å². The Labute approximate surface area is 112 Å². The summed E-state index contributed by atoms with van der Waals surface area (Å²) < 4.78 is 0. The average Bonchev–Trinajstić information content (AvgIpc) is 2.30. The lowest BCUT2D eigenvalue weighted by Gasteiger charge is -2.09. The highest BCUT2D eigenvalue weighted by Gasteiger charge is 2.09. The number of aryl methyl sites for hydroxylation is 3. The van der Waals surface area contributed by atoms with Crippen LogP contribution in [0.1, 0.15) is 22.6 Å². The third-order valence-electron chi connectivity index (χ3n) is 2.89. The summed E-state index contributed by atoms with van der Waals surface area (Å²) >= 11 is 0. The van der Waals surface area contributed by atoms with Gasteiger partial charge in [0.25, 0.3) is 0 Å². The number of rotatable bonds is 3. The zero-order valence-corrected chi connectivity index (χ0v) is 11.3. The second kappa shape index (κ2) is 5.18. The van der Waals surface area contributed by atoms with Crippen molar-refractivity contribution in [3.63, 3.8) is 0 Å². The normalized spacial score (nSPS) is 10.5. The van der Waals surface area contributed by atoms with Crippen LogP contribution in [-0.2, 0) is 11.2 Å². The first-order chi connectivity index (χ1) is 8.95. The minimum atomic E-state index is -0.884. The predicted molar refractivity (Wildman–Crippen MR) is 73.0 cm³/mol. The molecule has 0 saturated carbocycles. The van der Waals surface area contributed by atoms with Crippen molar-refractivity contribution in [3.05, 3.63) is 46.9 Å². The maximum absolute atomic E-state index is 10.8. The fraction of sp³-hybridized carbons (Fsp3) is 0.267. The smallest absolute Gasteiger partial charge is 0.309 e. The lowest BCUT2D eigenvalue weighted by atomic mass is 10.0. The Kier molecular flexibility index (Phi) is 3.60. The molecule has 1 N–H and O–H groups in total. The molecule has 0 aliphatic heterocycles. The molecule has 4 nitrogen and oxygen atoms in total. The summed E-state index contributed by atoms with van der Waals surface area (Å²) in [5.74, 6) is -0.292. The molecule has 1 heterocycles. The molecule has 1 aromatic carbocycles. The van der Waals surface area contributed by atoms with Crippen LogP contribution in [0.4, 0.5) is 0 Å². The van der Waals surface area contributed by atoms with E-state index >= 15 is 0 Å². The molecule has 2 rings (SSSR count). The number of benzene rings is 1. The van der Waals surface area contributed by atoms with E-state index in [2.05, 4.69) is 16.0 Å². The maximum atomic E-state index is 10.8. The summed E-state index contributed by atoms with van der Waals surface area (Å²) in [6.45, 7) is 5.82. The number of hydrogen-bond donors (Lipinski definition) is 1. The first kappa shape index (κ1) is 13.2. The van der Waals surface area contributed by atoms with Crippen molar-refractivity contribution in [1.82, 2.24) is 9.97 Å². The summed E-state index contributed by atoms with van der Waals surface area (Å²) in [5.41, 5.74) is 4.61. The minimum Gasteiger partial charge on any atom is -0.481 e. The van der Waals surface area contributed by atoms with Crippen molar-refractivity contribution in [2.75, 3.05) is 0 Å². The molecule has 0 saturated heterocycles. The topological polar surface area (TPSA) is 63.1 Å². The Morgan fingerprint density at radius 2 is 1.89 bits per heavy atom. The van der Waals surface area contributed by atoms with Gasteiger partial charge in [0.15, 0.2) is 0 Å². The molecule has 2 aromatic rings. The van der Waals surface area contributed by atoms with Crippen molar-refractivity contribution in [1.29, 1.82) is 0 Å². The van der Waals surface area contributed by atoms with Gasteiger partial charge in [-0.1, -0.05) is 17.7 Å². The molecule has 0 unspecified atom stereocenters. The van der Waals surface area contributed by atoms with E-state index in [0.29, 0.717) is 11.5 Å². The van der Waals surface area contributed by atoms with Crippen LogP contribution in [0.15, 0.2) is 24.3 Å². The fourth-order valence-corrected chi connectivity index (χ4v) is 2.02. The van der Waals surface area contributed by atoms with Gasteiger partial charge in [0.1, 0.15) is 5.82 Å². The molecule has 0 atom stereocenters. The van der Waals surface area contributed by atoms with Crippen LogP contribution in [0.3, 0.4) is 0 Å². The molecule has 4 heteroatoms. The summed E-state index contributed by atoms with van der Waals surface area (Å²) in [7, 11) is 0. The molecule has 98 valence electrons. The van der Waals surface area contributed by atoms with E-state index < -0.39 is 5.97 Å². The molecular weight excluding hydrogens is 240 g/mol. The number of hydrogen-bond acceptors (Lipinski definition) is 3. The number of carbonyl (C=O) groups is 1. The molecule has 0 bridgehead atoms. The maximum Gasteiger partial charge on any atom is 0.309 e. The van der Waals surface area contributed by atoms with Gasteiger partial charge in [0, 0.05) is 5.56 Å². The van der Waals surface area contributed by atoms with Crippen LogP contribution in [-0.4, -0.2) is 21.0 Å². The van der Waals surface area contributed by atoms with E-state index in [9.17, 15) is 4.79 Å². The third-order valence-corrected chi connectivity index (χ3v) is 2.89. The van der Waals surface area contributed by atoms with Crippen LogP contribution in [0.2, 0.25) is 0 Å². The zero-order chi connectivity index (χ0) is 14.0. The van der Waals surface area contributed by atoms with E-state index in [-0.39, 0.29) is 6.42 Å². The predicted octanol–water partition coefficient (Wildman–Crippen LogP) is 2.70. The van der Waals surface area contributed by atoms with Crippen LogP contribution < -0.4 is 0 Å². The van der Waals surface area contributed by atoms with Gasteiger partial charge in [0.05, 0.1) is 17.8 Å².